The molecule has 1 atom stereocenters. The molecule has 6 heteroatoms. The van der Waals surface area contributed by atoms with Gasteiger partial charge in [0.25, 0.3) is 0 Å². The molecular weight excluding hydrogens is 1020 g/mol. The first-order valence-corrected chi connectivity index (χ1v) is 35.7. The van der Waals surface area contributed by atoms with Gasteiger partial charge in [0.1, 0.15) is 13.2 Å². The van der Waals surface area contributed by atoms with E-state index in [1.807, 2.05) is 0 Å². The SMILES string of the molecule is CC/C=C\C/C=C\C/C=C\C/C=C\C/C=C\C/C=C\CCCCC(=O)OC(COC(=O)CCCCCCC/C=C\CCCCCCCC)COC(=O)CCCCCCCCCCCCCCCCCCC/C=C\CCCCCCCCCC. The molecule has 0 heterocycles. The van der Waals surface area contributed by atoms with Crippen molar-refractivity contribution < 1.29 is 28.6 Å². The van der Waals surface area contributed by atoms with Crippen LogP contribution in [0.15, 0.2) is 97.2 Å². The molecule has 0 aromatic heterocycles. The van der Waals surface area contributed by atoms with Crippen LogP contribution in [-0.2, 0) is 28.6 Å². The van der Waals surface area contributed by atoms with Crippen LogP contribution < -0.4 is 0 Å². The fourth-order valence-electron chi connectivity index (χ4n) is 10.2. The third-order valence-corrected chi connectivity index (χ3v) is 15.5. The van der Waals surface area contributed by atoms with E-state index in [-0.39, 0.29) is 37.5 Å². The Bertz CT molecular complexity index is 1610. The molecule has 0 aliphatic heterocycles. The van der Waals surface area contributed by atoms with Crippen LogP contribution in [0.25, 0.3) is 0 Å². The average Bonchev–Trinajstić information content (AvgIpc) is 3.49. The number of carbonyl (C=O) groups is 3. The lowest BCUT2D eigenvalue weighted by Gasteiger charge is -2.18. The van der Waals surface area contributed by atoms with Crippen LogP contribution in [0, 0.1) is 0 Å². The number of rotatable bonds is 65. The maximum Gasteiger partial charge on any atom is 0.306 e. The lowest BCUT2D eigenvalue weighted by molar-refractivity contribution is -0.167. The fourth-order valence-corrected chi connectivity index (χ4v) is 10.2. The highest BCUT2D eigenvalue weighted by atomic mass is 16.6. The minimum absolute atomic E-state index is 0.0957. The van der Waals surface area contributed by atoms with Gasteiger partial charge in [-0.15, -0.1) is 0 Å². The lowest BCUT2D eigenvalue weighted by Crippen LogP contribution is -2.30. The van der Waals surface area contributed by atoms with E-state index in [2.05, 4.69) is 118 Å². The van der Waals surface area contributed by atoms with Crippen molar-refractivity contribution in [3.63, 3.8) is 0 Å². The van der Waals surface area contributed by atoms with Crippen LogP contribution in [0.3, 0.4) is 0 Å². The van der Waals surface area contributed by atoms with Crippen molar-refractivity contribution in [1.82, 2.24) is 0 Å². The zero-order valence-electron chi connectivity index (χ0n) is 54.9. The molecule has 6 nitrogen and oxygen atoms in total. The van der Waals surface area contributed by atoms with Crippen LogP contribution >= 0.6 is 0 Å². The lowest BCUT2D eigenvalue weighted by atomic mass is 10.0. The summed E-state index contributed by atoms with van der Waals surface area (Å²) in [6.07, 6.45) is 95.9. The second kappa shape index (κ2) is 70.8. The van der Waals surface area contributed by atoms with Crippen molar-refractivity contribution in [2.24, 2.45) is 0 Å². The van der Waals surface area contributed by atoms with E-state index in [0.717, 1.165) is 96.3 Å². The predicted molar refractivity (Wildman–Crippen MR) is 362 cm³/mol. The van der Waals surface area contributed by atoms with Gasteiger partial charge in [-0.3, -0.25) is 14.4 Å². The Balaban J connectivity index is 4.33. The summed E-state index contributed by atoms with van der Waals surface area (Å²) in [7, 11) is 0. The van der Waals surface area contributed by atoms with E-state index >= 15 is 0 Å². The van der Waals surface area contributed by atoms with Gasteiger partial charge >= 0.3 is 17.9 Å². The number of ether oxygens (including phenoxy) is 3. The topological polar surface area (TPSA) is 78.9 Å². The minimum Gasteiger partial charge on any atom is -0.462 e. The summed E-state index contributed by atoms with van der Waals surface area (Å²) in [5.74, 6) is -0.933. The standard InChI is InChI=1S/C77H134O6/c1-4-7-10-13-16-19-22-25-28-30-32-34-35-36-37-38-39-40-41-43-44-46-49-52-55-58-61-64-67-70-76(79)82-73-74(72-81-75(78)69-66-63-60-57-54-51-48-27-24-21-18-15-12-9-6-3)83-77(80)71-68-65-62-59-56-53-50-47-45-42-33-31-29-26-23-20-17-14-11-8-5-2/h8,11,17,20,26-27,29-30,32-33,42,47-48,50,56,59,74H,4-7,9-10,12-16,18-19,21-25,28,31,34-41,43-46,49,51-55,57-58,60-73H2,1-3H3/b11-8-,20-17-,29-26-,32-30-,42-33-,48-27-,50-47-,59-56-. The average molecular weight is 1160 g/mol. The van der Waals surface area contributed by atoms with Crippen LogP contribution in [-0.4, -0.2) is 37.2 Å². The van der Waals surface area contributed by atoms with Gasteiger partial charge in [-0.05, 0) is 122 Å². The van der Waals surface area contributed by atoms with Crippen LogP contribution in [0.1, 0.15) is 355 Å². The number of hydrogen-bond acceptors (Lipinski definition) is 6. The zero-order valence-corrected chi connectivity index (χ0v) is 54.9. The van der Waals surface area contributed by atoms with E-state index in [4.69, 9.17) is 14.2 Å². The van der Waals surface area contributed by atoms with Gasteiger partial charge in [-0.2, -0.15) is 0 Å². The molecule has 0 aliphatic rings. The Morgan fingerprint density at radius 3 is 0.771 bits per heavy atom. The largest absolute Gasteiger partial charge is 0.462 e. The van der Waals surface area contributed by atoms with Gasteiger partial charge < -0.3 is 14.2 Å². The third-order valence-electron chi connectivity index (χ3n) is 15.5. The zero-order chi connectivity index (χ0) is 59.9. The highest BCUT2D eigenvalue weighted by Crippen LogP contribution is 2.17. The second-order valence-corrected chi connectivity index (χ2v) is 23.8. The molecule has 0 rings (SSSR count). The summed E-state index contributed by atoms with van der Waals surface area (Å²) in [5.41, 5.74) is 0. The maximum absolute atomic E-state index is 12.9. The molecule has 0 aromatic rings. The summed E-state index contributed by atoms with van der Waals surface area (Å²) in [6.45, 7) is 6.52. The number of allylic oxidation sites excluding steroid dienone is 16. The van der Waals surface area contributed by atoms with Gasteiger partial charge in [0.05, 0.1) is 0 Å². The molecule has 0 radical (unpaired) electrons. The van der Waals surface area contributed by atoms with Crippen molar-refractivity contribution in [2.45, 2.75) is 361 Å². The van der Waals surface area contributed by atoms with Crippen molar-refractivity contribution in [3.05, 3.63) is 97.2 Å². The smallest absolute Gasteiger partial charge is 0.306 e. The van der Waals surface area contributed by atoms with E-state index in [1.54, 1.807) is 0 Å². The molecule has 0 saturated heterocycles. The summed E-state index contributed by atoms with van der Waals surface area (Å²) in [5, 5.41) is 0. The molecule has 0 bridgehead atoms. The highest BCUT2D eigenvalue weighted by molar-refractivity contribution is 5.71. The molecular formula is C77H134O6. The molecule has 0 N–H and O–H groups in total. The van der Waals surface area contributed by atoms with Crippen LogP contribution in [0.4, 0.5) is 0 Å². The Kier molecular flexibility index (Phi) is 67.7. The Hall–Kier alpha value is -3.67. The van der Waals surface area contributed by atoms with Crippen molar-refractivity contribution in [1.29, 1.82) is 0 Å². The van der Waals surface area contributed by atoms with Gasteiger partial charge in [0.15, 0.2) is 6.10 Å². The Morgan fingerprint density at radius 2 is 0.470 bits per heavy atom. The first-order valence-electron chi connectivity index (χ1n) is 35.7. The summed E-state index contributed by atoms with van der Waals surface area (Å²) >= 11 is 0. The Labute approximate surface area is 515 Å². The normalized spacial score (nSPS) is 12.7. The van der Waals surface area contributed by atoms with Crippen molar-refractivity contribution in [3.8, 4) is 0 Å². The molecule has 0 spiro atoms. The maximum atomic E-state index is 12.9. The minimum atomic E-state index is -0.806. The van der Waals surface area contributed by atoms with E-state index in [9.17, 15) is 14.4 Å². The number of carbonyl (C=O) groups excluding carboxylic acids is 3. The summed E-state index contributed by atoms with van der Waals surface area (Å²) in [6, 6.07) is 0. The molecule has 0 aliphatic carbocycles. The summed E-state index contributed by atoms with van der Waals surface area (Å²) in [4.78, 5) is 38.4. The van der Waals surface area contributed by atoms with E-state index in [1.165, 1.54) is 212 Å². The number of unbranched alkanes of at least 4 members (excludes halogenated alkanes) is 38. The fraction of sp³-hybridized carbons (Fsp3) is 0.753. The Morgan fingerprint density at radius 1 is 0.253 bits per heavy atom. The predicted octanol–water partition coefficient (Wildman–Crippen LogP) is 24.8. The molecule has 1 unspecified atom stereocenters. The van der Waals surface area contributed by atoms with Crippen molar-refractivity contribution >= 4 is 17.9 Å². The van der Waals surface area contributed by atoms with Gasteiger partial charge in [-0.1, -0.05) is 311 Å². The highest BCUT2D eigenvalue weighted by Gasteiger charge is 2.19. The molecule has 0 amide bonds. The monoisotopic (exact) mass is 1160 g/mol. The van der Waals surface area contributed by atoms with Gasteiger partial charge in [-0.25, -0.2) is 0 Å². The van der Waals surface area contributed by atoms with Gasteiger partial charge in [0, 0.05) is 19.3 Å². The molecule has 0 aromatic carbocycles. The first-order chi connectivity index (χ1) is 41.0. The van der Waals surface area contributed by atoms with Gasteiger partial charge in [0.2, 0.25) is 0 Å². The quantitative estimate of drug-likeness (QED) is 0.0261. The molecule has 83 heavy (non-hydrogen) atoms. The van der Waals surface area contributed by atoms with E-state index in [0.29, 0.717) is 19.3 Å². The molecule has 0 fully saturated rings. The van der Waals surface area contributed by atoms with Crippen LogP contribution in [0.5, 0.6) is 0 Å². The third kappa shape index (κ3) is 69.0. The van der Waals surface area contributed by atoms with Crippen LogP contribution in [0.2, 0.25) is 0 Å². The number of esters is 3. The first kappa shape index (κ1) is 79.3. The second-order valence-electron chi connectivity index (χ2n) is 23.8. The molecule has 0 saturated carbocycles. The van der Waals surface area contributed by atoms with E-state index < -0.39 is 6.10 Å². The summed E-state index contributed by atoms with van der Waals surface area (Å²) < 4.78 is 16.9. The van der Waals surface area contributed by atoms with Crippen molar-refractivity contribution in [2.75, 3.05) is 13.2 Å². The number of hydrogen-bond donors (Lipinski definition) is 0. The molecule has 478 valence electrons.